The van der Waals surface area contributed by atoms with Crippen LogP contribution in [-0.4, -0.2) is 46.0 Å². The van der Waals surface area contributed by atoms with Crippen molar-refractivity contribution in [3.05, 3.63) is 53.5 Å². The van der Waals surface area contributed by atoms with Crippen molar-refractivity contribution in [3.63, 3.8) is 0 Å². The van der Waals surface area contributed by atoms with E-state index in [0.29, 0.717) is 13.0 Å². The minimum Gasteiger partial charge on any atom is -0.346 e. The average molecular weight is 391 g/mol. The molecule has 9 heteroatoms. The number of halogens is 3. The molecule has 1 saturated heterocycles. The number of alkyl halides is 1. The molecule has 1 fully saturated rings. The van der Waals surface area contributed by atoms with Crippen molar-refractivity contribution in [2.24, 2.45) is 0 Å². The van der Waals surface area contributed by atoms with E-state index in [4.69, 9.17) is 0 Å². The molecule has 6 nitrogen and oxygen atoms in total. The van der Waals surface area contributed by atoms with E-state index in [2.05, 4.69) is 20.8 Å². The number of carbonyl (C=O) groups is 1. The van der Waals surface area contributed by atoms with Gasteiger partial charge in [0.05, 0.1) is 34.7 Å². The number of rotatable bonds is 4. The van der Waals surface area contributed by atoms with E-state index in [1.54, 1.807) is 19.3 Å². The second kappa shape index (κ2) is 7.31. The summed E-state index contributed by atoms with van der Waals surface area (Å²) in [5.74, 6) is -1.97. The van der Waals surface area contributed by atoms with Crippen LogP contribution in [0.1, 0.15) is 35.3 Å². The lowest BCUT2D eigenvalue weighted by molar-refractivity contribution is 0.0893. The fraction of sp³-hybridized carbons (Fsp3) is 0.368. The molecule has 4 rings (SSSR count). The van der Waals surface area contributed by atoms with Crippen LogP contribution in [0.15, 0.2) is 30.7 Å². The van der Waals surface area contributed by atoms with Crippen LogP contribution in [0.25, 0.3) is 10.9 Å². The van der Waals surface area contributed by atoms with E-state index in [0.717, 1.165) is 17.7 Å². The van der Waals surface area contributed by atoms with Crippen LogP contribution in [-0.2, 0) is 0 Å². The Bertz CT molecular complexity index is 1000. The fourth-order valence-electron chi connectivity index (χ4n) is 3.67. The van der Waals surface area contributed by atoms with Gasteiger partial charge in [-0.05, 0) is 32.0 Å². The van der Waals surface area contributed by atoms with E-state index in [1.807, 2.05) is 0 Å². The molecule has 1 aliphatic heterocycles. The number of aromatic nitrogens is 3. The van der Waals surface area contributed by atoms with E-state index < -0.39 is 35.8 Å². The van der Waals surface area contributed by atoms with Gasteiger partial charge >= 0.3 is 0 Å². The molecule has 28 heavy (non-hydrogen) atoms. The standard InChI is InChI=1S/C19H20F3N5O/c1-10(11-6-24-25-7-11)27-9-12(17-13(20)2-3-14(21)18(17)27)19(28)26-16-4-5-23-8-15(16)22/h2-3,6-7,9-10,15-16,23H,4-5,8H2,1H3,(H,24,25)(H,26,28)/t10?,15-,16?/m0/s1. The summed E-state index contributed by atoms with van der Waals surface area (Å²) in [6, 6.07) is 0.952. The Hall–Kier alpha value is -2.81. The first-order valence-corrected chi connectivity index (χ1v) is 9.10. The molecule has 1 aliphatic rings. The molecule has 2 aromatic heterocycles. The molecule has 0 aliphatic carbocycles. The Morgan fingerprint density at radius 2 is 2.14 bits per heavy atom. The highest BCUT2D eigenvalue weighted by Gasteiger charge is 2.29. The summed E-state index contributed by atoms with van der Waals surface area (Å²) in [6.45, 7) is 2.52. The maximum atomic E-state index is 14.6. The molecule has 148 valence electrons. The van der Waals surface area contributed by atoms with Crippen LogP contribution in [0.5, 0.6) is 0 Å². The van der Waals surface area contributed by atoms with E-state index in [9.17, 15) is 18.0 Å². The molecule has 0 spiro atoms. The monoisotopic (exact) mass is 391 g/mol. The predicted molar refractivity (Wildman–Crippen MR) is 97.9 cm³/mol. The van der Waals surface area contributed by atoms with Crippen LogP contribution in [0.3, 0.4) is 0 Å². The quantitative estimate of drug-likeness (QED) is 0.640. The van der Waals surface area contributed by atoms with Gasteiger partial charge in [0.2, 0.25) is 0 Å². The van der Waals surface area contributed by atoms with Crippen LogP contribution < -0.4 is 10.6 Å². The van der Waals surface area contributed by atoms with Crippen LogP contribution >= 0.6 is 0 Å². The summed E-state index contributed by atoms with van der Waals surface area (Å²) in [4.78, 5) is 12.8. The summed E-state index contributed by atoms with van der Waals surface area (Å²) in [5.41, 5.74) is 0.712. The number of fused-ring (bicyclic) bond motifs is 1. The zero-order valence-corrected chi connectivity index (χ0v) is 15.2. The Morgan fingerprint density at radius 1 is 1.36 bits per heavy atom. The second-order valence-electron chi connectivity index (χ2n) is 7.00. The summed E-state index contributed by atoms with van der Waals surface area (Å²) in [5, 5.41) is 12.0. The lowest BCUT2D eigenvalue weighted by atomic mass is 10.0. The van der Waals surface area contributed by atoms with Crippen molar-refractivity contribution in [3.8, 4) is 0 Å². The third-order valence-electron chi connectivity index (χ3n) is 5.26. The largest absolute Gasteiger partial charge is 0.346 e. The van der Waals surface area contributed by atoms with Gasteiger partial charge in [0.25, 0.3) is 5.91 Å². The summed E-state index contributed by atoms with van der Waals surface area (Å²) >= 11 is 0. The first-order valence-electron chi connectivity index (χ1n) is 9.10. The zero-order chi connectivity index (χ0) is 19.8. The summed E-state index contributed by atoms with van der Waals surface area (Å²) < 4.78 is 44.8. The Balaban J connectivity index is 1.78. The van der Waals surface area contributed by atoms with Crippen molar-refractivity contribution in [2.45, 2.75) is 31.6 Å². The number of nitrogens with zero attached hydrogens (tertiary/aromatic N) is 2. The van der Waals surface area contributed by atoms with Crippen LogP contribution in [0, 0.1) is 11.6 Å². The Labute approximate surface area is 159 Å². The van der Waals surface area contributed by atoms with Crippen molar-refractivity contribution < 1.29 is 18.0 Å². The minimum atomic E-state index is -1.24. The number of H-pyrrole nitrogens is 1. The Kier molecular flexibility index (Phi) is 4.84. The average Bonchev–Trinajstić information content (AvgIpc) is 3.34. The smallest absolute Gasteiger partial charge is 0.253 e. The second-order valence-corrected chi connectivity index (χ2v) is 7.00. The van der Waals surface area contributed by atoms with Gasteiger partial charge in [0, 0.05) is 24.5 Å². The summed E-state index contributed by atoms with van der Waals surface area (Å²) in [6.07, 6.45) is 3.83. The molecule has 3 atom stereocenters. The van der Waals surface area contributed by atoms with Crippen molar-refractivity contribution in [1.29, 1.82) is 0 Å². The molecule has 0 bridgehead atoms. The number of benzene rings is 1. The zero-order valence-electron chi connectivity index (χ0n) is 15.2. The maximum Gasteiger partial charge on any atom is 0.253 e. The maximum absolute atomic E-state index is 14.6. The van der Waals surface area contributed by atoms with E-state index in [-0.39, 0.29) is 23.0 Å². The predicted octanol–water partition coefficient (Wildman–Crippen LogP) is 2.68. The first kappa shape index (κ1) is 18.5. The highest BCUT2D eigenvalue weighted by Crippen LogP contribution is 2.31. The fourth-order valence-corrected chi connectivity index (χ4v) is 3.67. The van der Waals surface area contributed by atoms with Gasteiger partial charge in [0.1, 0.15) is 17.8 Å². The molecule has 1 amide bonds. The van der Waals surface area contributed by atoms with Gasteiger partial charge in [-0.25, -0.2) is 13.2 Å². The van der Waals surface area contributed by atoms with E-state index in [1.165, 1.54) is 10.8 Å². The highest BCUT2D eigenvalue weighted by molar-refractivity contribution is 6.07. The van der Waals surface area contributed by atoms with Gasteiger partial charge in [-0.15, -0.1) is 0 Å². The summed E-state index contributed by atoms with van der Waals surface area (Å²) in [7, 11) is 0. The van der Waals surface area contributed by atoms with Crippen molar-refractivity contribution in [1.82, 2.24) is 25.4 Å². The van der Waals surface area contributed by atoms with Crippen LogP contribution in [0.2, 0.25) is 0 Å². The minimum absolute atomic E-state index is 0.0130. The van der Waals surface area contributed by atoms with Gasteiger partial charge in [-0.1, -0.05) is 0 Å². The number of nitrogens with one attached hydrogen (secondary N) is 3. The molecule has 0 saturated carbocycles. The number of hydrogen-bond acceptors (Lipinski definition) is 3. The number of piperidine rings is 1. The lowest BCUT2D eigenvalue weighted by Crippen LogP contribution is -2.50. The van der Waals surface area contributed by atoms with Gasteiger partial charge < -0.3 is 15.2 Å². The number of amides is 1. The topological polar surface area (TPSA) is 74.7 Å². The number of hydrogen-bond donors (Lipinski definition) is 3. The van der Waals surface area contributed by atoms with Gasteiger partial charge in [-0.2, -0.15) is 5.10 Å². The van der Waals surface area contributed by atoms with Crippen molar-refractivity contribution >= 4 is 16.8 Å². The third-order valence-corrected chi connectivity index (χ3v) is 5.26. The highest BCUT2D eigenvalue weighted by atomic mass is 19.1. The molecule has 3 N–H and O–H groups in total. The third kappa shape index (κ3) is 3.15. The SMILES string of the molecule is CC(c1cn[nH]c1)n1cc(C(=O)NC2CCNC[C@@H]2F)c2c(F)ccc(F)c21. The molecule has 2 unspecified atom stereocenters. The van der Waals surface area contributed by atoms with Crippen LogP contribution in [0.4, 0.5) is 13.2 Å². The number of carbonyl (C=O) groups excluding carboxylic acids is 1. The first-order chi connectivity index (χ1) is 13.5. The molecular formula is C19H20F3N5O. The molecular weight excluding hydrogens is 371 g/mol. The normalized spacial score (nSPS) is 21.0. The van der Waals surface area contributed by atoms with Crippen molar-refractivity contribution in [2.75, 3.05) is 13.1 Å². The molecule has 3 aromatic rings. The molecule has 3 heterocycles. The van der Waals surface area contributed by atoms with Gasteiger partial charge in [0.15, 0.2) is 0 Å². The molecule has 0 radical (unpaired) electrons. The Morgan fingerprint density at radius 3 is 2.86 bits per heavy atom. The lowest BCUT2D eigenvalue weighted by Gasteiger charge is -2.27. The molecule has 1 aromatic carbocycles. The van der Waals surface area contributed by atoms with Gasteiger partial charge in [-0.3, -0.25) is 9.89 Å². The number of aromatic amines is 1. The van der Waals surface area contributed by atoms with E-state index >= 15 is 0 Å².